The van der Waals surface area contributed by atoms with E-state index in [9.17, 15) is 0 Å². The Kier molecular flexibility index (Phi) is 2.60. The first-order chi connectivity index (χ1) is 8.24. The van der Waals surface area contributed by atoms with Gasteiger partial charge in [-0.15, -0.1) is 0 Å². The molecule has 3 atom stereocenters. The number of hydrogen-bond donors (Lipinski definition) is 1. The molecule has 0 bridgehead atoms. The zero-order chi connectivity index (χ0) is 11.8. The molecule has 17 heavy (non-hydrogen) atoms. The summed E-state index contributed by atoms with van der Waals surface area (Å²) >= 11 is 0. The standard InChI is InChI=1S/C15H18N2/c1-10-8-14(11(2)17-10)12-5-6-15-13(9-12)4-3-7-16-15/h3-7,9-11,14,17H,8H2,1-2H3. The number of aromatic nitrogens is 1. The fourth-order valence-corrected chi connectivity index (χ4v) is 2.97. The number of nitrogens with zero attached hydrogens (tertiary/aromatic N) is 1. The van der Waals surface area contributed by atoms with Crippen LogP contribution in [0.1, 0.15) is 31.7 Å². The SMILES string of the molecule is CC1CC(c2ccc3ncccc3c2)C(C)N1. The third-order valence-corrected chi connectivity index (χ3v) is 3.81. The first-order valence-corrected chi connectivity index (χ1v) is 6.35. The molecule has 0 saturated carbocycles. The number of fused-ring (bicyclic) bond motifs is 1. The normalized spacial score (nSPS) is 28.7. The molecule has 2 nitrogen and oxygen atoms in total. The van der Waals surface area contributed by atoms with Gasteiger partial charge in [0.05, 0.1) is 5.52 Å². The lowest BCUT2D eigenvalue weighted by molar-refractivity contribution is 0.575. The molecular weight excluding hydrogens is 208 g/mol. The van der Waals surface area contributed by atoms with E-state index in [0.29, 0.717) is 18.0 Å². The maximum Gasteiger partial charge on any atom is 0.0702 e. The molecule has 0 amide bonds. The molecule has 1 aliphatic heterocycles. The zero-order valence-corrected chi connectivity index (χ0v) is 10.4. The highest BCUT2D eigenvalue weighted by molar-refractivity contribution is 5.79. The topological polar surface area (TPSA) is 24.9 Å². The third-order valence-electron chi connectivity index (χ3n) is 3.81. The number of hydrogen-bond acceptors (Lipinski definition) is 2. The van der Waals surface area contributed by atoms with Gasteiger partial charge in [-0.3, -0.25) is 4.98 Å². The van der Waals surface area contributed by atoms with Gasteiger partial charge >= 0.3 is 0 Å². The van der Waals surface area contributed by atoms with Crippen molar-refractivity contribution in [1.82, 2.24) is 10.3 Å². The van der Waals surface area contributed by atoms with Crippen LogP contribution in [-0.2, 0) is 0 Å². The van der Waals surface area contributed by atoms with Crippen LogP contribution in [-0.4, -0.2) is 17.1 Å². The first-order valence-electron chi connectivity index (χ1n) is 6.35. The lowest BCUT2D eigenvalue weighted by atomic mass is 9.91. The minimum absolute atomic E-state index is 0.569. The van der Waals surface area contributed by atoms with Crippen LogP contribution in [0.3, 0.4) is 0 Å². The molecule has 1 N–H and O–H groups in total. The Morgan fingerprint density at radius 2 is 2.12 bits per heavy atom. The van der Waals surface area contributed by atoms with Gasteiger partial charge in [0.1, 0.15) is 0 Å². The summed E-state index contributed by atoms with van der Waals surface area (Å²) in [6.45, 7) is 4.54. The summed E-state index contributed by atoms with van der Waals surface area (Å²) in [6, 6.07) is 12.0. The van der Waals surface area contributed by atoms with Gasteiger partial charge in [0, 0.05) is 29.6 Å². The van der Waals surface area contributed by atoms with E-state index in [-0.39, 0.29) is 0 Å². The smallest absolute Gasteiger partial charge is 0.0702 e. The maximum absolute atomic E-state index is 4.37. The summed E-state index contributed by atoms with van der Waals surface area (Å²) in [6.07, 6.45) is 3.08. The van der Waals surface area contributed by atoms with Crippen LogP contribution in [0, 0.1) is 0 Å². The number of pyridine rings is 1. The van der Waals surface area contributed by atoms with Gasteiger partial charge < -0.3 is 5.32 Å². The summed E-state index contributed by atoms with van der Waals surface area (Å²) in [5.41, 5.74) is 2.53. The quantitative estimate of drug-likeness (QED) is 0.808. The van der Waals surface area contributed by atoms with E-state index in [1.165, 1.54) is 17.4 Å². The van der Waals surface area contributed by atoms with E-state index < -0.39 is 0 Å². The molecule has 1 saturated heterocycles. The fourth-order valence-electron chi connectivity index (χ4n) is 2.97. The Morgan fingerprint density at radius 3 is 2.88 bits per heavy atom. The molecule has 3 rings (SSSR count). The van der Waals surface area contributed by atoms with E-state index >= 15 is 0 Å². The van der Waals surface area contributed by atoms with Crippen molar-refractivity contribution in [3.63, 3.8) is 0 Å². The molecule has 0 spiro atoms. The molecule has 0 radical (unpaired) electrons. The van der Waals surface area contributed by atoms with Gasteiger partial charge in [0.15, 0.2) is 0 Å². The summed E-state index contributed by atoms with van der Waals surface area (Å²) in [5.74, 6) is 0.634. The average Bonchev–Trinajstić information content (AvgIpc) is 2.68. The Hall–Kier alpha value is -1.41. The van der Waals surface area contributed by atoms with Gasteiger partial charge in [-0.25, -0.2) is 0 Å². The summed E-state index contributed by atoms with van der Waals surface area (Å²) in [4.78, 5) is 4.37. The minimum Gasteiger partial charge on any atom is -0.311 e. The molecule has 0 aliphatic carbocycles. The van der Waals surface area contributed by atoms with Gasteiger partial charge in [-0.05, 0) is 44.0 Å². The molecule has 1 aromatic carbocycles. The minimum atomic E-state index is 0.569. The van der Waals surface area contributed by atoms with Crippen molar-refractivity contribution in [1.29, 1.82) is 0 Å². The van der Waals surface area contributed by atoms with Crippen LogP contribution in [0.25, 0.3) is 10.9 Å². The number of rotatable bonds is 1. The van der Waals surface area contributed by atoms with Gasteiger partial charge in [0.25, 0.3) is 0 Å². The van der Waals surface area contributed by atoms with E-state index in [1.54, 1.807) is 0 Å². The molecule has 88 valence electrons. The summed E-state index contributed by atoms with van der Waals surface area (Å²) in [5, 5.41) is 4.84. The van der Waals surface area contributed by atoms with Crippen molar-refractivity contribution in [2.75, 3.05) is 0 Å². The number of nitrogens with one attached hydrogen (secondary N) is 1. The van der Waals surface area contributed by atoms with E-state index in [1.807, 2.05) is 12.3 Å². The van der Waals surface area contributed by atoms with Crippen LogP contribution >= 0.6 is 0 Å². The largest absolute Gasteiger partial charge is 0.311 e. The van der Waals surface area contributed by atoms with Crippen molar-refractivity contribution in [2.24, 2.45) is 0 Å². The maximum atomic E-state index is 4.37. The second kappa shape index (κ2) is 4.11. The van der Waals surface area contributed by atoms with Gasteiger partial charge in [-0.2, -0.15) is 0 Å². The molecule has 2 heteroatoms. The molecule has 1 aromatic heterocycles. The highest BCUT2D eigenvalue weighted by Gasteiger charge is 2.29. The molecule has 1 fully saturated rings. The van der Waals surface area contributed by atoms with E-state index in [4.69, 9.17) is 0 Å². The second-order valence-corrected chi connectivity index (χ2v) is 5.15. The Morgan fingerprint density at radius 1 is 1.24 bits per heavy atom. The van der Waals surface area contributed by atoms with Crippen LogP contribution < -0.4 is 5.32 Å². The van der Waals surface area contributed by atoms with Crippen LogP contribution in [0.5, 0.6) is 0 Å². The van der Waals surface area contributed by atoms with E-state index in [2.05, 4.69) is 48.4 Å². The predicted molar refractivity (Wildman–Crippen MR) is 71.2 cm³/mol. The highest BCUT2D eigenvalue weighted by atomic mass is 15.0. The van der Waals surface area contributed by atoms with Crippen LogP contribution in [0.15, 0.2) is 36.5 Å². The first kappa shape index (κ1) is 10.7. The Balaban J connectivity index is 2.00. The highest BCUT2D eigenvalue weighted by Crippen LogP contribution is 2.31. The van der Waals surface area contributed by atoms with E-state index in [0.717, 1.165) is 5.52 Å². The predicted octanol–water partition coefficient (Wildman–Crippen LogP) is 3.09. The Labute approximate surface area is 102 Å². The van der Waals surface area contributed by atoms with Crippen molar-refractivity contribution in [2.45, 2.75) is 38.3 Å². The molecule has 2 aromatic rings. The summed E-state index contributed by atoms with van der Waals surface area (Å²) < 4.78 is 0. The van der Waals surface area contributed by atoms with Crippen LogP contribution in [0.2, 0.25) is 0 Å². The fraction of sp³-hybridized carbons (Fsp3) is 0.400. The van der Waals surface area contributed by atoms with Crippen molar-refractivity contribution in [3.8, 4) is 0 Å². The Bertz CT molecular complexity index is 535. The van der Waals surface area contributed by atoms with Crippen molar-refractivity contribution < 1.29 is 0 Å². The third kappa shape index (κ3) is 1.93. The lowest BCUT2D eigenvalue weighted by Crippen LogP contribution is -2.26. The number of benzene rings is 1. The van der Waals surface area contributed by atoms with Crippen LogP contribution in [0.4, 0.5) is 0 Å². The average molecular weight is 226 g/mol. The zero-order valence-electron chi connectivity index (χ0n) is 10.4. The van der Waals surface area contributed by atoms with Gasteiger partial charge in [-0.1, -0.05) is 12.1 Å². The van der Waals surface area contributed by atoms with Crippen molar-refractivity contribution in [3.05, 3.63) is 42.1 Å². The van der Waals surface area contributed by atoms with Crippen molar-refractivity contribution >= 4 is 10.9 Å². The van der Waals surface area contributed by atoms with Gasteiger partial charge in [0.2, 0.25) is 0 Å². The monoisotopic (exact) mass is 226 g/mol. The molecule has 3 unspecified atom stereocenters. The molecular formula is C15H18N2. The summed E-state index contributed by atoms with van der Waals surface area (Å²) in [7, 11) is 0. The second-order valence-electron chi connectivity index (χ2n) is 5.15. The lowest BCUT2D eigenvalue weighted by Gasteiger charge is -2.15. The molecule has 2 heterocycles. The molecule has 1 aliphatic rings.